The fourth-order valence-electron chi connectivity index (χ4n) is 2.01. The molecule has 0 saturated heterocycles. The molecule has 0 spiro atoms. The number of furan rings is 1. The molecule has 3 aromatic rings. The molecule has 1 amide bonds. The SMILES string of the molecule is Cc1occc1SCC(=O)Nc1ccc(-c2ccn[nH]2)cc1. The number of rotatable bonds is 5. The highest BCUT2D eigenvalue weighted by atomic mass is 32.2. The van der Waals surface area contributed by atoms with E-state index in [2.05, 4.69) is 15.5 Å². The summed E-state index contributed by atoms with van der Waals surface area (Å²) >= 11 is 1.46. The van der Waals surface area contributed by atoms with E-state index in [1.165, 1.54) is 11.8 Å². The number of nitrogens with zero attached hydrogens (tertiary/aromatic N) is 1. The van der Waals surface area contributed by atoms with E-state index in [4.69, 9.17) is 4.42 Å². The van der Waals surface area contributed by atoms with Gasteiger partial charge in [-0.25, -0.2) is 0 Å². The van der Waals surface area contributed by atoms with E-state index in [-0.39, 0.29) is 5.91 Å². The number of aryl methyl sites for hydroxylation is 1. The number of carbonyl (C=O) groups excluding carboxylic acids is 1. The summed E-state index contributed by atoms with van der Waals surface area (Å²) in [5.74, 6) is 1.14. The Morgan fingerprint density at radius 2 is 2.09 bits per heavy atom. The number of hydrogen-bond donors (Lipinski definition) is 2. The first-order valence-corrected chi connectivity index (χ1v) is 7.77. The largest absolute Gasteiger partial charge is 0.468 e. The summed E-state index contributed by atoms with van der Waals surface area (Å²) in [4.78, 5) is 12.9. The summed E-state index contributed by atoms with van der Waals surface area (Å²) in [6.07, 6.45) is 3.34. The Kier molecular flexibility index (Phi) is 4.29. The van der Waals surface area contributed by atoms with Crippen LogP contribution in [-0.4, -0.2) is 21.9 Å². The van der Waals surface area contributed by atoms with Crippen LogP contribution in [0.15, 0.2) is 58.2 Å². The van der Waals surface area contributed by atoms with Gasteiger partial charge >= 0.3 is 0 Å². The first-order valence-electron chi connectivity index (χ1n) is 6.79. The number of carbonyl (C=O) groups is 1. The number of hydrogen-bond acceptors (Lipinski definition) is 4. The van der Waals surface area contributed by atoms with Crippen molar-refractivity contribution in [3.8, 4) is 11.3 Å². The number of amides is 1. The predicted molar refractivity (Wildman–Crippen MR) is 86.8 cm³/mol. The van der Waals surface area contributed by atoms with Crippen molar-refractivity contribution >= 4 is 23.4 Å². The van der Waals surface area contributed by atoms with Crippen LogP contribution in [0.5, 0.6) is 0 Å². The molecule has 0 atom stereocenters. The molecular weight excluding hydrogens is 298 g/mol. The Morgan fingerprint density at radius 3 is 2.73 bits per heavy atom. The summed E-state index contributed by atoms with van der Waals surface area (Å²) in [5.41, 5.74) is 2.75. The smallest absolute Gasteiger partial charge is 0.234 e. The van der Waals surface area contributed by atoms with Gasteiger partial charge in [0.05, 0.1) is 17.7 Å². The van der Waals surface area contributed by atoms with Crippen molar-refractivity contribution in [1.29, 1.82) is 0 Å². The van der Waals surface area contributed by atoms with E-state index in [9.17, 15) is 4.79 Å². The third-order valence-electron chi connectivity index (χ3n) is 3.15. The van der Waals surface area contributed by atoms with Gasteiger partial charge in [-0.15, -0.1) is 11.8 Å². The minimum atomic E-state index is -0.0418. The maximum atomic E-state index is 12.0. The zero-order valence-corrected chi connectivity index (χ0v) is 12.8. The Bertz CT molecular complexity index is 748. The van der Waals surface area contributed by atoms with Crippen LogP contribution in [-0.2, 0) is 4.79 Å². The molecule has 0 unspecified atom stereocenters. The topological polar surface area (TPSA) is 70.9 Å². The zero-order chi connectivity index (χ0) is 15.4. The molecule has 2 aromatic heterocycles. The normalized spacial score (nSPS) is 10.6. The number of aromatic amines is 1. The van der Waals surface area contributed by atoms with Crippen molar-refractivity contribution in [1.82, 2.24) is 10.2 Å². The van der Waals surface area contributed by atoms with E-state index in [1.807, 2.05) is 43.3 Å². The quantitative estimate of drug-likeness (QED) is 0.704. The van der Waals surface area contributed by atoms with Crippen molar-refractivity contribution in [3.05, 3.63) is 54.6 Å². The minimum Gasteiger partial charge on any atom is -0.468 e. The number of H-pyrrole nitrogens is 1. The van der Waals surface area contributed by atoms with Gasteiger partial charge in [-0.1, -0.05) is 12.1 Å². The molecule has 6 heteroatoms. The standard InChI is InChI=1S/C16H15N3O2S/c1-11-15(7-9-21-11)22-10-16(20)18-13-4-2-12(3-5-13)14-6-8-17-19-14/h2-9H,10H2,1H3,(H,17,19)(H,18,20). The van der Waals surface area contributed by atoms with E-state index < -0.39 is 0 Å². The van der Waals surface area contributed by atoms with Crippen LogP contribution in [0.3, 0.4) is 0 Å². The molecule has 0 saturated carbocycles. The first-order chi connectivity index (χ1) is 10.7. The highest BCUT2D eigenvalue weighted by molar-refractivity contribution is 8.00. The summed E-state index contributed by atoms with van der Waals surface area (Å²) in [5, 5.41) is 9.71. The summed E-state index contributed by atoms with van der Waals surface area (Å²) in [6, 6.07) is 11.4. The molecule has 0 aliphatic rings. The second kappa shape index (κ2) is 6.53. The molecule has 112 valence electrons. The molecule has 1 aromatic carbocycles. The Labute approximate surface area is 132 Å². The molecular formula is C16H15N3O2S. The lowest BCUT2D eigenvalue weighted by atomic mass is 10.1. The summed E-state index contributed by atoms with van der Waals surface area (Å²) in [7, 11) is 0. The monoisotopic (exact) mass is 313 g/mol. The van der Waals surface area contributed by atoms with Crippen LogP contribution >= 0.6 is 11.8 Å². The van der Waals surface area contributed by atoms with Crippen LogP contribution in [0.2, 0.25) is 0 Å². The van der Waals surface area contributed by atoms with E-state index in [0.717, 1.165) is 27.6 Å². The van der Waals surface area contributed by atoms with Crippen molar-refractivity contribution in [2.75, 3.05) is 11.1 Å². The van der Waals surface area contributed by atoms with Gasteiger partial charge in [-0.05, 0) is 36.8 Å². The van der Waals surface area contributed by atoms with Gasteiger partial charge in [0.25, 0.3) is 0 Å². The fraction of sp³-hybridized carbons (Fsp3) is 0.125. The molecule has 0 bridgehead atoms. The number of benzene rings is 1. The molecule has 2 N–H and O–H groups in total. The van der Waals surface area contributed by atoms with Gasteiger partial charge in [0, 0.05) is 16.8 Å². The minimum absolute atomic E-state index is 0.0418. The van der Waals surface area contributed by atoms with Crippen molar-refractivity contribution < 1.29 is 9.21 Å². The van der Waals surface area contributed by atoms with Crippen LogP contribution in [0.4, 0.5) is 5.69 Å². The lowest BCUT2D eigenvalue weighted by Gasteiger charge is -2.06. The fourth-order valence-corrected chi connectivity index (χ4v) is 2.78. The molecule has 0 aliphatic carbocycles. The lowest BCUT2D eigenvalue weighted by Crippen LogP contribution is -2.13. The summed E-state index contributed by atoms with van der Waals surface area (Å²) < 4.78 is 5.20. The Balaban J connectivity index is 1.56. The highest BCUT2D eigenvalue weighted by Crippen LogP contribution is 2.23. The first kappa shape index (κ1) is 14.5. The molecule has 0 fully saturated rings. The molecule has 0 aliphatic heterocycles. The lowest BCUT2D eigenvalue weighted by molar-refractivity contribution is -0.113. The zero-order valence-electron chi connectivity index (χ0n) is 12.0. The molecule has 22 heavy (non-hydrogen) atoms. The highest BCUT2D eigenvalue weighted by Gasteiger charge is 2.07. The average Bonchev–Trinajstić information content (AvgIpc) is 3.18. The maximum absolute atomic E-state index is 12.0. The van der Waals surface area contributed by atoms with Gasteiger partial charge in [0.1, 0.15) is 5.76 Å². The van der Waals surface area contributed by atoms with Crippen LogP contribution in [0.25, 0.3) is 11.3 Å². The van der Waals surface area contributed by atoms with Crippen molar-refractivity contribution in [2.24, 2.45) is 0 Å². The van der Waals surface area contributed by atoms with E-state index in [0.29, 0.717) is 5.75 Å². The number of anilines is 1. The Morgan fingerprint density at radius 1 is 1.27 bits per heavy atom. The second-order valence-electron chi connectivity index (χ2n) is 4.73. The Hall–Kier alpha value is -2.47. The molecule has 0 radical (unpaired) electrons. The average molecular weight is 313 g/mol. The van der Waals surface area contributed by atoms with Gasteiger partial charge in [0.2, 0.25) is 5.91 Å². The van der Waals surface area contributed by atoms with Gasteiger partial charge in [-0.3, -0.25) is 9.89 Å². The number of aromatic nitrogens is 2. The van der Waals surface area contributed by atoms with Crippen molar-refractivity contribution in [2.45, 2.75) is 11.8 Å². The maximum Gasteiger partial charge on any atom is 0.234 e. The van der Waals surface area contributed by atoms with E-state index in [1.54, 1.807) is 12.5 Å². The van der Waals surface area contributed by atoms with Crippen LogP contribution in [0, 0.1) is 6.92 Å². The third kappa shape index (κ3) is 3.40. The van der Waals surface area contributed by atoms with Crippen molar-refractivity contribution in [3.63, 3.8) is 0 Å². The third-order valence-corrected chi connectivity index (χ3v) is 4.29. The molecule has 5 nitrogen and oxygen atoms in total. The molecule has 3 rings (SSSR count). The van der Waals surface area contributed by atoms with Crippen LogP contribution < -0.4 is 5.32 Å². The molecule has 2 heterocycles. The summed E-state index contributed by atoms with van der Waals surface area (Å²) in [6.45, 7) is 1.88. The van der Waals surface area contributed by atoms with Gasteiger partial charge < -0.3 is 9.73 Å². The van der Waals surface area contributed by atoms with E-state index >= 15 is 0 Å². The predicted octanol–water partition coefficient (Wildman–Crippen LogP) is 3.71. The van der Waals surface area contributed by atoms with Gasteiger partial charge in [0.15, 0.2) is 0 Å². The number of thioether (sulfide) groups is 1. The number of nitrogens with one attached hydrogen (secondary N) is 2. The van der Waals surface area contributed by atoms with Gasteiger partial charge in [-0.2, -0.15) is 5.10 Å². The second-order valence-corrected chi connectivity index (χ2v) is 5.74. The van der Waals surface area contributed by atoms with Crippen LogP contribution in [0.1, 0.15) is 5.76 Å².